The largest absolute Gasteiger partial charge is 0.481 e. The summed E-state index contributed by atoms with van der Waals surface area (Å²) in [7, 11) is 0. The van der Waals surface area contributed by atoms with Gasteiger partial charge in [-0.15, -0.1) is 10.2 Å². The summed E-state index contributed by atoms with van der Waals surface area (Å²) >= 11 is 1.42. The Morgan fingerprint density at radius 2 is 1.95 bits per heavy atom. The fraction of sp³-hybridized carbons (Fsp3) is 0.733. The number of anilines is 1. The van der Waals surface area contributed by atoms with E-state index in [4.69, 9.17) is 5.11 Å². The number of hydrogen-bond donors (Lipinski definition) is 2. The number of aryl methyl sites for hydroxylation is 1. The van der Waals surface area contributed by atoms with Gasteiger partial charge in [0.1, 0.15) is 5.01 Å². The summed E-state index contributed by atoms with van der Waals surface area (Å²) in [6, 6.07) is 0. The number of nitrogens with zero attached hydrogens (tertiary/aromatic N) is 2. The third-order valence-corrected chi connectivity index (χ3v) is 4.90. The molecule has 0 unspecified atom stereocenters. The number of carbonyl (C=O) groups is 2. The minimum Gasteiger partial charge on any atom is -0.481 e. The number of carboxylic acids is 1. The summed E-state index contributed by atoms with van der Waals surface area (Å²) in [6.07, 6.45) is 9.34. The Bertz CT molecular complexity index is 498. The van der Waals surface area contributed by atoms with Gasteiger partial charge in [-0.1, -0.05) is 43.4 Å². The molecule has 0 atom stereocenters. The lowest BCUT2D eigenvalue weighted by atomic mass is 9.86. The Hall–Kier alpha value is -1.50. The topological polar surface area (TPSA) is 92.2 Å². The third-order valence-electron chi connectivity index (χ3n) is 4.00. The van der Waals surface area contributed by atoms with Crippen LogP contribution in [0, 0.1) is 5.92 Å². The lowest BCUT2D eigenvalue weighted by Crippen LogP contribution is -2.11. The Morgan fingerprint density at radius 3 is 2.68 bits per heavy atom. The molecule has 1 aliphatic carbocycles. The molecule has 1 heterocycles. The van der Waals surface area contributed by atoms with E-state index in [0.717, 1.165) is 23.8 Å². The molecule has 2 rings (SSSR count). The van der Waals surface area contributed by atoms with Crippen molar-refractivity contribution in [1.29, 1.82) is 0 Å². The Morgan fingerprint density at radius 1 is 1.18 bits per heavy atom. The monoisotopic (exact) mass is 325 g/mol. The standard InChI is InChI=1S/C15H23N3O3S/c19-12(7-4-8-14(20)21)16-15-18-17-13(22-15)10-9-11-5-2-1-3-6-11/h11H,1-10H2,(H,20,21)(H,16,18,19). The second-order valence-corrected chi connectivity index (χ2v) is 6.90. The van der Waals surface area contributed by atoms with Crippen molar-refractivity contribution in [1.82, 2.24) is 10.2 Å². The van der Waals surface area contributed by atoms with Crippen molar-refractivity contribution in [3.05, 3.63) is 5.01 Å². The van der Waals surface area contributed by atoms with Crippen molar-refractivity contribution in [2.24, 2.45) is 5.92 Å². The summed E-state index contributed by atoms with van der Waals surface area (Å²) in [5.74, 6) is -0.267. The first-order valence-corrected chi connectivity index (χ1v) is 8.79. The van der Waals surface area contributed by atoms with Crippen molar-refractivity contribution < 1.29 is 14.7 Å². The highest BCUT2D eigenvalue weighted by atomic mass is 32.1. The van der Waals surface area contributed by atoms with Gasteiger partial charge in [0, 0.05) is 19.3 Å². The molecule has 1 aromatic rings. The highest BCUT2D eigenvalue weighted by Gasteiger charge is 2.15. The van der Waals surface area contributed by atoms with E-state index in [0.29, 0.717) is 11.6 Å². The molecule has 1 aliphatic rings. The van der Waals surface area contributed by atoms with Crippen LogP contribution in [0.15, 0.2) is 0 Å². The van der Waals surface area contributed by atoms with Crippen LogP contribution in [-0.4, -0.2) is 27.2 Å². The van der Waals surface area contributed by atoms with Crippen molar-refractivity contribution in [3.63, 3.8) is 0 Å². The minimum atomic E-state index is -0.881. The molecule has 0 bridgehead atoms. The van der Waals surface area contributed by atoms with Gasteiger partial charge < -0.3 is 10.4 Å². The molecule has 0 aromatic carbocycles. The molecule has 122 valence electrons. The smallest absolute Gasteiger partial charge is 0.303 e. The van der Waals surface area contributed by atoms with Gasteiger partial charge in [-0.3, -0.25) is 9.59 Å². The van der Waals surface area contributed by atoms with Crippen LogP contribution in [0.3, 0.4) is 0 Å². The fourth-order valence-electron chi connectivity index (χ4n) is 2.79. The quantitative estimate of drug-likeness (QED) is 0.765. The predicted octanol–water partition coefficient (Wildman–Crippen LogP) is 3.24. The van der Waals surface area contributed by atoms with Crippen LogP contribution in [0.2, 0.25) is 0 Å². The summed E-state index contributed by atoms with van der Waals surface area (Å²) in [4.78, 5) is 22.0. The zero-order chi connectivity index (χ0) is 15.8. The number of amides is 1. The SMILES string of the molecule is O=C(O)CCCC(=O)Nc1nnc(CCC2CCCCC2)s1. The van der Waals surface area contributed by atoms with E-state index in [2.05, 4.69) is 15.5 Å². The Kier molecular flexibility index (Phi) is 6.76. The molecular weight excluding hydrogens is 302 g/mol. The normalized spacial score (nSPS) is 15.6. The average Bonchev–Trinajstić information content (AvgIpc) is 2.93. The summed E-state index contributed by atoms with van der Waals surface area (Å²) in [6.45, 7) is 0. The van der Waals surface area contributed by atoms with Crippen LogP contribution < -0.4 is 5.32 Å². The Labute approximate surface area is 134 Å². The van der Waals surface area contributed by atoms with Gasteiger partial charge in [0.2, 0.25) is 11.0 Å². The molecule has 6 nitrogen and oxygen atoms in total. The Balaban J connectivity index is 1.69. The van der Waals surface area contributed by atoms with E-state index in [1.807, 2.05) is 0 Å². The summed E-state index contributed by atoms with van der Waals surface area (Å²) in [5, 5.41) is 20.8. The predicted molar refractivity (Wildman–Crippen MR) is 84.9 cm³/mol. The van der Waals surface area contributed by atoms with Crippen molar-refractivity contribution in [3.8, 4) is 0 Å². The molecule has 0 radical (unpaired) electrons. The van der Waals surface area contributed by atoms with Crippen molar-refractivity contribution in [2.45, 2.75) is 64.2 Å². The number of carboxylic acid groups (broad SMARTS) is 1. The first-order valence-electron chi connectivity index (χ1n) is 7.97. The number of aromatic nitrogens is 2. The van der Waals surface area contributed by atoms with Crippen molar-refractivity contribution in [2.75, 3.05) is 5.32 Å². The van der Waals surface area contributed by atoms with E-state index >= 15 is 0 Å². The van der Waals surface area contributed by atoms with Crippen molar-refractivity contribution >= 4 is 28.3 Å². The molecule has 0 aliphatic heterocycles. The maximum Gasteiger partial charge on any atom is 0.303 e. The van der Waals surface area contributed by atoms with Crippen LogP contribution >= 0.6 is 11.3 Å². The molecule has 1 aromatic heterocycles. The second-order valence-electron chi connectivity index (χ2n) is 5.84. The minimum absolute atomic E-state index is 0.0101. The average molecular weight is 325 g/mol. The van der Waals surface area contributed by atoms with Crippen LogP contribution in [-0.2, 0) is 16.0 Å². The highest BCUT2D eigenvalue weighted by Crippen LogP contribution is 2.28. The summed E-state index contributed by atoms with van der Waals surface area (Å²) in [5.41, 5.74) is 0. The van der Waals surface area contributed by atoms with Gasteiger partial charge in [-0.2, -0.15) is 0 Å². The number of aliphatic carboxylic acids is 1. The van der Waals surface area contributed by atoms with Crippen LogP contribution in [0.5, 0.6) is 0 Å². The van der Waals surface area contributed by atoms with Crippen LogP contribution in [0.25, 0.3) is 0 Å². The lowest BCUT2D eigenvalue weighted by Gasteiger charge is -2.20. The third kappa shape index (κ3) is 6.09. The molecule has 0 spiro atoms. The first kappa shape index (κ1) is 16.9. The number of rotatable bonds is 8. The fourth-order valence-corrected chi connectivity index (χ4v) is 3.56. The number of nitrogens with one attached hydrogen (secondary N) is 1. The van der Waals surface area contributed by atoms with E-state index in [1.54, 1.807) is 0 Å². The van der Waals surface area contributed by atoms with Gasteiger partial charge in [-0.05, 0) is 18.8 Å². The number of carbonyl (C=O) groups excluding carboxylic acids is 1. The molecule has 1 fully saturated rings. The van der Waals surface area contributed by atoms with Gasteiger partial charge in [0.05, 0.1) is 0 Å². The molecule has 22 heavy (non-hydrogen) atoms. The zero-order valence-corrected chi connectivity index (χ0v) is 13.5. The molecule has 1 amide bonds. The maximum atomic E-state index is 11.6. The highest BCUT2D eigenvalue weighted by molar-refractivity contribution is 7.15. The molecule has 1 saturated carbocycles. The second kappa shape index (κ2) is 8.82. The number of hydrogen-bond acceptors (Lipinski definition) is 5. The van der Waals surface area contributed by atoms with E-state index < -0.39 is 5.97 Å². The zero-order valence-electron chi connectivity index (χ0n) is 12.7. The van der Waals surface area contributed by atoms with E-state index in [-0.39, 0.29) is 18.7 Å². The van der Waals surface area contributed by atoms with Crippen LogP contribution in [0.1, 0.15) is 62.8 Å². The van der Waals surface area contributed by atoms with E-state index in [1.165, 1.54) is 43.4 Å². The summed E-state index contributed by atoms with van der Waals surface area (Å²) < 4.78 is 0. The molecule has 0 saturated heterocycles. The first-order chi connectivity index (χ1) is 10.6. The van der Waals surface area contributed by atoms with Gasteiger partial charge in [0.15, 0.2) is 0 Å². The van der Waals surface area contributed by atoms with Gasteiger partial charge in [-0.25, -0.2) is 0 Å². The molecule has 2 N–H and O–H groups in total. The van der Waals surface area contributed by atoms with E-state index in [9.17, 15) is 9.59 Å². The molecule has 7 heteroatoms. The van der Waals surface area contributed by atoms with Gasteiger partial charge in [0.25, 0.3) is 0 Å². The van der Waals surface area contributed by atoms with Crippen LogP contribution in [0.4, 0.5) is 5.13 Å². The maximum absolute atomic E-state index is 11.6. The van der Waals surface area contributed by atoms with Gasteiger partial charge >= 0.3 is 5.97 Å². The molecular formula is C15H23N3O3S. The lowest BCUT2D eigenvalue weighted by molar-refractivity contribution is -0.137.